The van der Waals surface area contributed by atoms with Gasteiger partial charge in [-0.1, -0.05) is 79.7 Å². The first-order valence-electron chi connectivity index (χ1n) is 18.5. The molecule has 0 bridgehead atoms. The summed E-state index contributed by atoms with van der Waals surface area (Å²) in [7, 11) is -0.804. The van der Waals surface area contributed by atoms with Gasteiger partial charge in [-0.3, -0.25) is 4.79 Å². The van der Waals surface area contributed by atoms with E-state index >= 15 is 0 Å². The van der Waals surface area contributed by atoms with Crippen LogP contribution in [0, 0.1) is 24.2 Å². The van der Waals surface area contributed by atoms with Crippen LogP contribution < -0.4 is 0 Å². The fourth-order valence-corrected chi connectivity index (χ4v) is 8.54. The molecule has 0 aliphatic heterocycles. The average molecular weight is 727 g/mol. The molecule has 0 N–H and O–H groups in total. The highest BCUT2D eigenvalue weighted by Crippen LogP contribution is 2.42. The predicted molar refractivity (Wildman–Crippen MR) is 214 cm³/mol. The number of aromatic nitrogens is 2. The SMILES string of the molecule is COC(=O)C=CC(C)(C)C(=O)[C@H](C)[C@@H](O[Si](C)(C)C(C)(C)C)[C@@H](C)CCCC=CC[C@H](O[Si](C)(C)C(C)(C)C)c1ccc2c(c1)nc(C)n2C. The quantitative estimate of drug-likeness (QED) is 0.0531. The highest BCUT2D eigenvalue weighted by Gasteiger charge is 2.44. The molecule has 1 aromatic heterocycles. The van der Waals surface area contributed by atoms with Gasteiger partial charge in [0.2, 0.25) is 0 Å². The number of allylic oxidation sites excluding steroid dienone is 2. The molecule has 1 aromatic carbocycles. The third kappa shape index (κ3) is 11.3. The van der Waals surface area contributed by atoms with E-state index in [2.05, 4.69) is 117 Å². The topological polar surface area (TPSA) is 79.7 Å². The van der Waals surface area contributed by atoms with Gasteiger partial charge in [0, 0.05) is 24.5 Å². The van der Waals surface area contributed by atoms with Crippen LogP contribution in [0.25, 0.3) is 11.0 Å². The Bertz CT molecular complexity index is 1510. The van der Waals surface area contributed by atoms with Crippen molar-refractivity contribution < 1.29 is 23.2 Å². The van der Waals surface area contributed by atoms with Crippen molar-refractivity contribution >= 4 is 39.4 Å². The van der Waals surface area contributed by atoms with Gasteiger partial charge < -0.3 is 18.2 Å². The van der Waals surface area contributed by atoms with E-state index in [4.69, 9.17) is 18.6 Å². The number of rotatable bonds is 17. The van der Waals surface area contributed by atoms with Crippen molar-refractivity contribution in [1.82, 2.24) is 9.55 Å². The van der Waals surface area contributed by atoms with Crippen LogP contribution >= 0.6 is 0 Å². The Kier molecular flexibility index (Phi) is 14.9. The molecular formula is C41H70N2O5Si2. The highest BCUT2D eigenvalue weighted by atomic mass is 28.4. The summed E-state index contributed by atoms with van der Waals surface area (Å²) < 4.78 is 20.9. The average Bonchev–Trinajstić information content (AvgIpc) is 3.29. The number of imidazole rings is 1. The van der Waals surface area contributed by atoms with Crippen molar-refractivity contribution in [1.29, 1.82) is 0 Å². The van der Waals surface area contributed by atoms with Gasteiger partial charge in [0.15, 0.2) is 16.6 Å². The molecule has 0 fully saturated rings. The standard InChI is InChI=1S/C41H70N2O5Si2/c1-29(37(48-50(16,17)40(7,8)9)30(2)38(45)41(10,11)27-26-36(44)46-13)22-20-18-19-21-23-35(47-49(14,15)39(4,5)6)32-24-25-34-33(28-32)42-31(3)43(34)12/h19,21,24-30,35,37H,18,20,22-23H2,1-17H3/t29-,30+,35-,37-/m0/s1. The van der Waals surface area contributed by atoms with Gasteiger partial charge in [-0.25, -0.2) is 9.78 Å². The summed E-state index contributed by atoms with van der Waals surface area (Å²) in [5.41, 5.74) is 2.49. The van der Waals surface area contributed by atoms with Crippen LogP contribution in [0.2, 0.25) is 36.3 Å². The molecule has 0 amide bonds. The molecule has 0 saturated heterocycles. The number of hydrogen-bond acceptors (Lipinski definition) is 6. The Morgan fingerprint density at radius 3 is 2.06 bits per heavy atom. The number of nitrogens with zero attached hydrogens (tertiary/aromatic N) is 2. The van der Waals surface area contributed by atoms with E-state index < -0.39 is 28.0 Å². The molecular weight excluding hydrogens is 657 g/mol. The first-order valence-corrected chi connectivity index (χ1v) is 24.3. The normalized spacial score (nSPS) is 16.3. The zero-order valence-corrected chi connectivity index (χ0v) is 36.6. The molecule has 1 heterocycles. The van der Waals surface area contributed by atoms with Crippen LogP contribution in [0.5, 0.6) is 0 Å². The lowest BCUT2D eigenvalue weighted by Gasteiger charge is -2.43. The highest BCUT2D eigenvalue weighted by molar-refractivity contribution is 6.74. The van der Waals surface area contributed by atoms with Crippen molar-refractivity contribution in [3.05, 3.63) is 53.9 Å². The fourth-order valence-electron chi connectivity index (χ4n) is 5.77. The van der Waals surface area contributed by atoms with E-state index in [1.807, 2.05) is 27.7 Å². The van der Waals surface area contributed by atoms with E-state index in [0.29, 0.717) is 0 Å². The number of carbonyl (C=O) groups excluding carboxylic acids is 2. The summed E-state index contributed by atoms with van der Waals surface area (Å²) in [6.07, 6.45) is 11.0. The molecule has 2 aromatic rings. The number of hydrogen-bond donors (Lipinski definition) is 0. The van der Waals surface area contributed by atoms with Crippen LogP contribution in [0.3, 0.4) is 0 Å². The minimum Gasteiger partial charge on any atom is -0.466 e. The molecule has 0 aliphatic carbocycles. The van der Waals surface area contributed by atoms with Crippen molar-refractivity contribution in [2.24, 2.45) is 24.3 Å². The molecule has 50 heavy (non-hydrogen) atoms. The lowest BCUT2D eigenvalue weighted by atomic mass is 9.76. The van der Waals surface area contributed by atoms with Gasteiger partial charge in [0.25, 0.3) is 0 Å². The maximum atomic E-state index is 13.9. The maximum absolute atomic E-state index is 13.9. The minimum atomic E-state index is -2.17. The lowest BCUT2D eigenvalue weighted by Crippen LogP contribution is -2.49. The van der Waals surface area contributed by atoms with Gasteiger partial charge in [-0.2, -0.15) is 0 Å². The summed E-state index contributed by atoms with van der Waals surface area (Å²) in [6.45, 7) is 32.7. The Hall–Kier alpha value is -2.34. The molecule has 0 unspecified atom stereocenters. The molecule has 282 valence electrons. The zero-order valence-electron chi connectivity index (χ0n) is 34.6. The number of benzene rings is 1. The number of ketones is 1. The molecule has 9 heteroatoms. The van der Waals surface area contributed by atoms with Gasteiger partial charge in [-0.15, -0.1) is 0 Å². The molecule has 0 aliphatic rings. The van der Waals surface area contributed by atoms with Crippen molar-refractivity contribution in [2.45, 2.75) is 150 Å². The zero-order chi connectivity index (χ0) is 38.5. The van der Waals surface area contributed by atoms with E-state index in [1.54, 1.807) is 6.08 Å². The summed E-state index contributed by atoms with van der Waals surface area (Å²) in [5, 5.41) is 0.116. The first kappa shape index (κ1) is 43.8. The molecule has 4 atom stereocenters. The van der Waals surface area contributed by atoms with E-state index in [1.165, 1.54) is 18.7 Å². The van der Waals surface area contributed by atoms with Crippen LogP contribution in [0.4, 0.5) is 0 Å². The molecule has 7 nitrogen and oxygen atoms in total. The van der Waals surface area contributed by atoms with Crippen LogP contribution in [0.1, 0.15) is 112 Å². The van der Waals surface area contributed by atoms with Crippen LogP contribution in [0.15, 0.2) is 42.5 Å². The number of unbranched alkanes of at least 4 members (excludes halogenated alkanes) is 1. The third-order valence-corrected chi connectivity index (χ3v) is 20.4. The number of fused-ring (bicyclic) bond motifs is 1. The summed E-state index contributed by atoms with van der Waals surface area (Å²) in [5.74, 6) is 0.458. The number of ether oxygens (including phenoxy) is 1. The van der Waals surface area contributed by atoms with Crippen molar-refractivity contribution in [3.8, 4) is 0 Å². The Morgan fingerprint density at radius 2 is 1.50 bits per heavy atom. The van der Waals surface area contributed by atoms with E-state index in [9.17, 15) is 9.59 Å². The minimum absolute atomic E-state index is 0.0136. The van der Waals surface area contributed by atoms with Crippen LogP contribution in [-0.4, -0.2) is 51.2 Å². The molecule has 0 radical (unpaired) electrons. The second-order valence-electron chi connectivity index (χ2n) is 18.0. The monoisotopic (exact) mass is 726 g/mol. The number of esters is 1. The number of Topliss-reactive ketones (excluding diaryl/α,β-unsaturated/α-hetero) is 1. The smallest absolute Gasteiger partial charge is 0.330 e. The molecule has 0 saturated carbocycles. The molecule has 2 rings (SSSR count). The second kappa shape index (κ2) is 17.0. The predicted octanol–water partition coefficient (Wildman–Crippen LogP) is 11.0. The van der Waals surface area contributed by atoms with Crippen molar-refractivity contribution in [3.63, 3.8) is 0 Å². The molecule has 0 spiro atoms. The number of carbonyl (C=O) groups is 2. The lowest BCUT2D eigenvalue weighted by molar-refractivity contribution is -0.134. The summed E-state index contributed by atoms with van der Waals surface area (Å²) in [4.78, 5) is 30.5. The first-order chi connectivity index (χ1) is 22.8. The van der Waals surface area contributed by atoms with Gasteiger partial charge in [0.1, 0.15) is 11.6 Å². The number of aryl methyl sites for hydroxylation is 2. The van der Waals surface area contributed by atoms with Crippen molar-refractivity contribution in [2.75, 3.05) is 7.11 Å². The largest absolute Gasteiger partial charge is 0.466 e. The van der Waals surface area contributed by atoms with Gasteiger partial charge in [-0.05, 0) is 106 Å². The van der Waals surface area contributed by atoms with Gasteiger partial charge in [0.05, 0.1) is 30.4 Å². The van der Waals surface area contributed by atoms with E-state index in [0.717, 1.165) is 42.5 Å². The Labute approximate surface area is 306 Å². The summed E-state index contributed by atoms with van der Waals surface area (Å²) >= 11 is 0. The Balaban J connectivity index is 2.22. The third-order valence-electron chi connectivity index (χ3n) is 11.5. The van der Waals surface area contributed by atoms with Gasteiger partial charge >= 0.3 is 5.97 Å². The fraction of sp³-hybridized carbons (Fsp3) is 0.683. The van der Waals surface area contributed by atoms with E-state index in [-0.39, 0.29) is 39.9 Å². The number of methoxy groups -OCH3 is 1. The Morgan fingerprint density at radius 1 is 0.920 bits per heavy atom. The second-order valence-corrected chi connectivity index (χ2v) is 27.5. The van der Waals surface area contributed by atoms with Crippen LogP contribution in [-0.2, 0) is 30.2 Å². The maximum Gasteiger partial charge on any atom is 0.330 e. The summed E-state index contributed by atoms with van der Waals surface area (Å²) in [6, 6.07) is 6.57.